The van der Waals surface area contributed by atoms with E-state index < -0.39 is 17.5 Å². The highest BCUT2D eigenvalue weighted by molar-refractivity contribution is 6.14. The molecule has 0 bridgehead atoms. The summed E-state index contributed by atoms with van der Waals surface area (Å²) >= 11 is 0. The van der Waals surface area contributed by atoms with Gasteiger partial charge in [0.1, 0.15) is 11.3 Å². The third-order valence-corrected chi connectivity index (χ3v) is 6.83. The molecule has 2 fully saturated rings. The molecule has 0 radical (unpaired) electrons. The molecule has 182 valence electrons. The third kappa shape index (κ3) is 4.12. The third-order valence-electron chi connectivity index (χ3n) is 6.83. The van der Waals surface area contributed by atoms with E-state index in [4.69, 9.17) is 0 Å². The minimum atomic E-state index is -0.556. The van der Waals surface area contributed by atoms with E-state index >= 15 is 4.39 Å². The quantitative estimate of drug-likeness (QED) is 0.456. The van der Waals surface area contributed by atoms with E-state index in [1.807, 2.05) is 0 Å². The summed E-state index contributed by atoms with van der Waals surface area (Å²) in [4.78, 5) is 19.4. The molecule has 0 spiro atoms. The molecule has 1 aliphatic carbocycles. The highest BCUT2D eigenvalue weighted by Crippen LogP contribution is 2.34. The minimum absolute atomic E-state index is 0.106. The van der Waals surface area contributed by atoms with Gasteiger partial charge in [-0.05, 0) is 38.7 Å². The Bertz CT molecular complexity index is 1450. The van der Waals surface area contributed by atoms with Gasteiger partial charge in [-0.2, -0.15) is 5.10 Å². The first-order valence-electron chi connectivity index (χ1n) is 12.0. The number of aromatic nitrogens is 4. The van der Waals surface area contributed by atoms with Crippen LogP contribution in [-0.2, 0) is 7.05 Å². The monoisotopic (exact) mass is 479 g/mol. The van der Waals surface area contributed by atoms with Gasteiger partial charge in [-0.3, -0.25) is 9.48 Å². The number of fused-ring (bicyclic) bond motifs is 2. The van der Waals surface area contributed by atoms with Gasteiger partial charge in [0.2, 0.25) is 0 Å². The summed E-state index contributed by atoms with van der Waals surface area (Å²) in [7, 11) is 1.75. The van der Waals surface area contributed by atoms with Crippen LogP contribution in [0.15, 0.2) is 30.7 Å². The topological polar surface area (TPSA) is 79.5 Å². The lowest BCUT2D eigenvalue weighted by atomic mass is 10.0. The zero-order valence-electron chi connectivity index (χ0n) is 19.7. The van der Waals surface area contributed by atoms with Crippen LogP contribution in [-0.4, -0.2) is 50.2 Å². The number of nitrogens with one attached hydrogen (secondary N) is 2. The molecular formula is C25H27F2N7O. The number of amides is 1. The lowest BCUT2D eigenvalue weighted by Crippen LogP contribution is -2.43. The van der Waals surface area contributed by atoms with Crippen molar-refractivity contribution in [3.8, 4) is 0 Å². The maximum absolute atomic E-state index is 15.5. The van der Waals surface area contributed by atoms with Gasteiger partial charge in [0.15, 0.2) is 11.5 Å². The first kappa shape index (κ1) is 22.0. The Labute approximate surface area is 200 Å². The largest absolute Gasteiger partial charge is 0.368 e. The second-order valence-electron chi connectivity index (χ2n) is 9.67. The van der Waals surface area contributed by atoms with Crippen molar-refractivity contribution in [2.75, 3.05) is 23.3 Å². The Morgan fingerprint density at radius 3 is 2.51 bits per heavy atom. The first-order valence-corrected chi connectivity index (χ1v) is 12.0. The van der Waals surface area contributed by atoms with Gasteiger partial charge in [0, 0.05) is 62.3 Å². The predicted octanol–water partition coefficient (Wildman–Crippen LogP) is 3.78. The molecule has 2 aliphatic rings. The molecule has 4 heterocycles. The molecule has 1 saturated carbocycles. The molecule has 10 heteroatoms. The van der Waals surface area contributed by atoms with Crippen molar-refractivity contribution >= 4 is 33.8 Å². The van der Waals surface area contributed by atoms with Gasteiger partial charge in [0.05, 0.1) is 22.6 Å². The Hall–Kier alpha value is -3.53. The van der Waals surface area contributed by atoms with Crippen molar-refractivity contribution in [2.45, 2.75) is 44.7 Å². The number of nitrogens with zero attached hydrogens (tertiary/aromatic N) is 5. The Balaban J connectivity index is 1.30. The predicted molar refractivity (Wildman–Crippen MR) is 130 cm³/mol. The molecule has 1 aliphatic heterocycles. The summed E-state index contributed by atoms with van der Waals surface area (Å²) in [6, 6.07) is 3.57. The number of anilines is 2. The molecule has 1 aromatic carbocycles. The van der Waals surface area contributed by atoms with Crippen molar-refractivity contribution < 1.29 is 13.6 Å². The van der Waals surface area contributed by atoms with Gasteiger partial charge in [-0.25, -0.2) is 13.8 Å². The lowest BCUT2D eigenvalue weighted by Gasteiger charge is -2.34. The van der Waals surface area contributed by atoms with Crippen LogP contribution in [0.2, 0.25) is 0 Å². The molecule has 1 saturated heterocycles. The van der Waals surface area contributed by atoms with Gasteiger partial charge in [0.25, 0.3) is 5.91 Å². The molecule has 35 heavy (non-hydrogen) atoms. The molecule has 0 unspecified atom stereocenters. The smallest absolute Gasteiger partial charge is 0.258 e. The summed E-state index contributed by atoms with van der Waals surface area (Å²) in [5.41, 5.74) is 2.09. The standard InChI is InChI=1S/C25H27F2N7O/c1-14-11-34-12-17(9-21(27)24(34)28-14)30-25(35)18-10-20(26)23(19-13-32(2)31-22(18)19)33-7-5-16(6-8-33)29-15-3-4-15/h9-13,15-16,29H,3-8H2,1-2H3,(H,30,35). The fraction of sp³-hybridized carbons (Fsp3) is 0.400. The second kappa shape index (κ2) is 8.30. The summed E-state index contributed by atoms with van der Waals surface area (Å²) in [6.45, 7) is 3.24. The summed E-state index contributed by atoms with van der Waals surface area (Å²) in [5.74, 6) is -1.57. The maximum Gasteiger partial charge on any atom is 0.258 e. The van der Waals surface area contributed by atoms with E-state index in [9.17, 15) is 9.18 Å². The Kier molecular flexibility index (Phi) is 5.21. The molecule has 2 N–H and O–H groups in total. The Morgan fingerprint density at radius 2 is 1.77 bits per heavy atom. The zero-order chi connectivity index (χ0) is 24.3. The number of carbonyl (C=O) groups is 1. The van der Waals surface area contributed by atoms with Crippen molar-refractivity contribution in [1.82, 2.24) is 24.5 Å². The van der Waals surface area contributed by atoms with Crippen LogP contribution in [0, 0.1) is 18.6 Å². The number of halogens is 2. The summed E-state index contributed by atoms with van der Waals surface area (Å²) in [5, 5.41) is 11.4. The van der Waals surface area contributed by atoms with Crippen LogP contribution < -0.4 is 15.5 Å². The minimum Gasteiger partial charge on any atom is -0.368 e. The van der Waals surface area contributed by atoms with Crippen molar-refractivity contribution in [2.24, 2.45) is 7.05 Å². The second-order valence-corrected chi connectivity index (χ2v) is 9.67. The number of carbonyl (C=O) groups excluding carboxylic acids is 1. The highest BCUT2D eigenvalue weighted by Gasteiger charge is 2.30. The number of hydrogen-bond donors (Lipinski definition) is 2. The number of pyridine rings is 1. The SMILES string of the molecule is Cc1cn2cc(NC(=O)c3cc(F)c(N4CCC(NC5CC5)CC4)c4cn(C)nc34)cc(F)c2n1. The van der Waals surface area contributed by atoms with Gasteiger partial charge in [-0.15, -0.1) is 0 Å². The molecule has 6 rings (SSSR count). The van der Waals surface area contributed by atoms with Crippen molar-refractivity contribution in [1.29, 1.82) is 0 Å². The number of aryl methyl sites for hydroxylation is 2. The average molecular weight is 480 g/mol. The molecule has 8 nitrogen and oxygen atoms in total. The van der Waals surface area contributed by atoms with E-state index in [1.165, 1.54) is 29.4 Å². The molecule has 3 aromatic heterocycles. The summed E-state index contributed by atoms with van der Waals surface area (Å²) in [6.07, 6.45) is 9.38. The van der Waals surface area contributed by atoms with E-state index in [0.717, 1.165) is 25.9 Å². The fourth-order valence-electron chi connectivity index (χ4n) is 5.05. The van der Waals surface area contributed by atoms with Crippen molar-refractivity contribution in [3.05, 3.63) is 53.6 Å². The molecule has 1 amide bonds. The average Bonchev–Trinajstić information content (AvgIpc) is 3.41. The van der Waals surface area contributed by atoms with E-state index in [2.05, 4.69) is 25.6 Å². The highest BCUT2D eigenvalue weighted by atomic mass is 19.1. The van der Waals surface area contributed by atoms with Crippen LogP contribution in [0.25, 0.3) is 16.6 Å². The van der Waals surface area contributed by atoms with Gasteiger partial charge in [-0.1, -0.05) is 0 Å². The number of piperidine rings is 1. The maximum atomic E-state index is 15.5. The van der Waals surface area contributed by atoms with Crippen LogP contribution in [0.3, 0.4) is 0 Å². The van der Waals surface area contributed by atoms with E-state index in [0.29, 0.717) is 34.4 Å². The number of benzene rings is 1. The molecular weight excluding hydrogens is 452 g/mol. The van der Waals surface area contributed by atoms with Gasteiger partial charge >= 0.3 is 0 Å². The molecule has 4 aromatic rings. The number of rotatable bonds is 5. The van der Waals surface area contributed by atoms with Crippen LogP contribution in [0.1, 0.15) is 41.7 Å². The van der Waals surface area contributed by atoms with E-state index in [1.54, 1.807) is 37.2 Å². The van der Waals surface area contributed by atoms with Crippen molar-refractivity contribution in [3.63, 3.8) is 0 Å². The number of hydrogen-bond acceptors (Lipinski definition) is 5. The fourth-order valence-corrected chi connectivity index (χ4v) is 5.05. The van der Waals surface area contributed by atoms with Crippen LogP contribution in [0.5, 0.6) is 0 Å². The Morgan fingerprint density at radius 1 is 1.03 bits per heavy atom. The van der Waals surface area contributed by atoms with E-state index in [-0.39, 0.29) is 16.9 Å². The first-order chi connectivity index (χ1) is 16.9. The summed E-state index contributed by atoms with van der Waals surface area (Å²) < 4.78 is 33.1. The normalized spacial score (nSPS) is 17.0. The van der Waals surface area contributed by atoms with Crippen LogP contribution in [0.4, 0.5) is 20.2 Å². The van der Waals surface area contributed by atoms with Crippen LogP contribution >= 0.6 is 0 Å². The number of imidazole rings is 1. The molecule has 0 atom stereocenters. The zero-order valence-corrected chi connectivity index (χ0v) is 19.7. The lowest BCUT2D eigenvalue weighted by molar-refractivity contribution is 0.102. The van der Waals surface area contributed by atoms with Gasteiger partial charge < -0.3 is 19.9 Å².